The van der Waals surface area contributed by atoms with Gasteiger partial charge in [-0.05, 0) is 12.1 Å². The van der Waals surface area contributed by atoms with Crippen LogP contribution in [0.4, 0.5) is 0 Å². The van der Waals surface area contributed by atoms with E-state index in [1.807, 2.05) is 36.4 Å². The van der Waals surface area contributed by atoms with E-state index < -0.39 is 0 Å². The molecule has 0 amide bonds. The van der Waals surface area contributed by atoms with Crippen LogP contribution in [-0.4, -0.2) is 4.98 Å². The van der Waals surface area contributed by atoms with Crippen molar-refractivity contribution in [3.05, 3.63) is 52.5 Å². The molecule has 2 aromatic carbocycles. The lowest BCUT2D eigenvalue weighted by atomic mass is 10.2. The minimum atomic E-state index is 0.618. The first kappa shape index (κ1) is 11.0. The van der Waals surface area contributed by atoms with Gasteiger partial charge in [-0.3, -0.25) is 0 Å². The largest absolute Gasteiger partial charge is 0.236 e. The molecule has 0 aliphatic carbocycles. The van der Waals surface area contributed by atoms with E-state index in [1.165, 1.54) is 0 Å². The fourth-order valence-electron chi connectivity index (χ4n) is 1.66. The SMILES string of the molecule is Clc1cc(Cl)c2sc(-c3ccccc3)nc2c1. The Balaban J connectivity index is 2.24. The van der Waals surface area contributed by atoms with Crippen molar-refractivity contribution in [1.29, 1.82) is 0 Å². The van der Waals surface area contributed by atoms with E-state index in [1.54, 1.807) is 17.4 Å². The highest BCUT2D eigenvalue weighted by molar-refractivity contribution is 7.22. The lowest BCUT2D eigenvalue weighted by Gasteiger charge is -1.92. The van der Waals surface area contributed by atoms with Gasteiger partial charge in [0.1, 0.15) is 5.01 Å². The van der Waals surface area contributed by atoms with Crippen molar-refractivity contribution in [2.45, 2.75) is 0 Å². The van der Waals surface area contributed by atoms with Gasteiger partial charge in [0, 0.05) is 10.6 Å². The van der Waals surface area contributed by atoms with Crippen LogP contribution in [0, 0.1) is 0 Å². The van der Waals surface area contributed by atoms with Crippen molar-refractivity contribution < 1.29 is 0 Å². The Labute approximate surface area is 113 Å². The zero-order valence-corrected chi connectivity index (χ0v) is 11.0. The Hall–Kier alpha value is -1.09. The molecule has 0 radical (unpaired) electrons. The number of halogens is 2. The van der Waals surface area contributed by atoms with Gasteiger partial charge in [0.25, 0.3) is 0 Å². The summed E-state index contributed by atoms with van der Waals surface area (Å²) in [6.45, 7) is 0. The number of aromatic nitrogens is 1. The lowest BCUT2D eigenvalue weighted by molar-refractivity contribution is 1.48. The van der Waals surface area contributed by atoms with Gasteiger partial charge in [0.2, 0.25) is 0 Å². The van der Waals surface area contributed by atoms with E-state index in [0.29, 0.717) is 10.0 Å². The average molecular weight is 280 g/mol. The number of benzene rings is 2. The van der Waals surface area contributed by atoms with E-state index in [9.17, 15) is 0 Å². The molecule has 0 spiro atoms. The molecule has 3 aromatic rings. The quantitative estimate of drug-likeness (QED) is 0.591. The Morgan fingerprint density at radius 1 is 1.00 bits per heavy atom. The molecule has 3 rings (SSSR count). The normalized spacial score (nSPS) is 10.9. The average Bonchev–Trinajstić information content (AvgIpc) is 2.74. The third-order valence-electron chi connectivity index (χ3n) is 2.43. The maximum Gasteiger partial charge on any atom is 0.124 e. The highest BCUT2D eigenvalue weighted by Crippen LogP contribution is 2.36. The summed E-state index contributed by atoms with van der Waals surface area (Å²) in [5.41, 5.74) is 1.95. The second-order valence-electron chi connectivity index (χ2n) is 3.62. The Morgan fingerprint density at radius 2 is 1.76 bits per heavy atom. The summed E-state index contributed by atoms with van der Waals surface area (Å²) >= 11 is 13.7. The van der Waals surface area contributed by atoms with Crippen LogP contribution in [0.15, 0.2) is 42.5 Å². The maximum absolute atomic E-state index is 6.15. The molecule has 1 nitrogen and oxygen atoms in total. The first-order valence-corrected chi connectivity index (χ1v) is 6.62. The molecule has 4 heteroatoms. The number of rotatable bonds is 1. The highest BCUT2D eigenvalue weighted by atomic mass is 35.5. The molecule has 17 heavy (non-hydrogen) atoms. The summed E-state index contributed by atoms with van der Waals surface area (Å²) in [5.74, 6) is 0. The van der Waals surface area contributed by atoms with Gasteiger partial charge in [-0.25, -0.2) is 4.98 Å². The molecule has 0 saturated carbocycles. The maximum atomic E-state index is 6.15. The monoisotopic (exact) mass is 279 g/mol. The Morgan fingerprint density at radius 3 is 2.53 bits per heavy atom. The fourth-order valence-corrected chi connectivity index (χ4v) is 3.22. The number of nitrogens with zero attached hydrogens (tertiary/aromatic N) is 1. The van der Waals surface area contributed by atoms with Crippen molar-refractivity contribution >= 4 is 44.8 Å². The third-order valence-corrected chi connectivity index (χ3v) is 4.21. The fraction of sp³-hybridized carbons (Fsp3) is 0. The molecular formula is C13H7Cl2NS. The summed E-state index contributed by atoms with van der Waals surface area (Å²) in [5, 5.41) is 2.24. The second kappa shape index (κ2) is 4.30. The van der Waals surface area contributed by atoms with E-state index >= 15 is 0 Å². The smallest absolute Gasteiger partial charge is 0.124 e. The van der Waals surface area contributed by atoms with Gasteiger partial charge in [-0.2, -0.15) is 0 Å². The van der Waals surface area contributed by atoms with Gasteiger partial charge in [0.05, 0.1) is 15.2 Å². The minimum Gasteiger partial charge on any atom is -0.236 e. The predicted molar refractivity (Wildman–Crippen MR) is 75.1 cm³/mol. The molecule has 1 heterocycles. The van der Waals surface area contributed by atoms with Crippen LogP contribution in [0.25, 0.3) is 20.8 Å². The van der Waals surface area contributed by atoms with Crippen molar-refractivity contribution in [1.82, 2.24) is 4.98 Å². The van der Waals surface area contributed by atoms with Crippen molar-refractivity contribution in [2.24, 2.45) is 0 Å². The van der Waals surface area contributed by atoms with Crippen molar-refractivity contribution in [2.75, 3.05) is 0 Å². The number of hydrogen-bond donors (Lipinski definition) is 0. The first-order valence-electron chi connectivity index (χ1n) is 5.05. The zero-order valence-electron chi connectivity index (χ0n) is 8.65. The van der Waals surface area contributed by atoms with Crippen molar-refractivity contribution in [3.63, 3.8) is 0 Å². The van der Waals surface area contributed by atoms with Crippen LogP contribution in [0.3, 0.4) is 0 Å². The summed E-state index contributed by atoms with van der Waals surface area (Å²) in [4.78, 5) is 4.55. The molecule has 0 unspecified atom stereocenters. The Kier molecular flexibility index (Phi) is 2.79. The molecule has 1 aromatic heterocycles. The van der Waals surface area contributed by atoms with Gasteiger partial charge in [0.15, 0.2) is 0 Å². The van der Waals surface area contributed by atoms with Gasteiger partial charge < -0.3 is 0 Å². The number of thiazole rings is 1. The standard InChI is InChI=1S/C13H7Cl2NS/c14-9-6-10(15)12-11(7-9)16-13(17-12)8-4-2-1-3-5-8/h1-7H. The first-order chi connectivity index (χ1) is 8.24. The summed E-state index contributed by atoms with van der Waals surface area (Å²) < 4.78 is 0.981. The van der Waals surface area contributed by atoms with Gasteiger partial charge >= 0.3 is 0 Å². The Bertz CT molecular complexity index is 676. The molecule has 0 aliphatic rings. The summed E-state index contributed by atoms with van der Waals surface area (Å²) in [6.07, 6.45) is 0. The van der Waals surface area contributed by atoms with E-state index in [2.05, 4.69) is 4.98 Å². The molecule has 0 N–H and O–H groups in total. The van der Waals surface area contributed by atoms with E-state index in [4.69, 9.17) is 23.2 Å². The molecule has 0 fully saturated rings. The molecule has 84 valence electrons. The predicted octanol–water partition coefficient (Wildman–Crippen LogP) is 5.27. The van der Waals surface area contributed by atoms with E-state index in [0.717, 1.165) is 20.8 Å². The van der Waals surface area contributed by atoms with Gasteiger partial charge in [-0.15, -0.1) is 11.3 Å². The topological polar surface area (TPSA) is 12.9 Å². The van der Waals surface area contributed by atoms with Crippen molar-refractivity contribution in [3.8, 4) is 10.6 Å². The molecule has 0 aliphatic heterocycles. The molecule has 0 atom stereocenters. The van der Waals surface area contributed by atoms with Crippen LogP contribution in [-0.2, 0) is 0 Å². The van der Waals surface area contributed by atoms with Crippen LogP contribution in [0.2, 0.25) is 10.0 Å². The lowest BCUT2D eigenvalue weighted by Crippen LogP contribution is -1.74. The number of hydrogen-bond acceptors (Lipinski definition) is 2. The zero-order chi connectivity index (χ0) is 11.8. The highest BCUT2D eigenvalue weighted by Gasteiger charge is 2.09. The molecule has 0 saturated heterocycles. The van der Waals surface area contributed by atoms with Crippen LogP contribution >= 0.6 is 34.5 Å². The second-order valence-corrected chi connectivity index (χ2v) is 5.46. The van der Waals surface area contributed by atoms with Crippen LogP contribution < -0.4 is 0 Å². The molecular weight excluding hydrogens is 273 g/mol. The number of fused-ring (bicyclic) bond motifs is 1. The van der Waals surface area contributed by atoms with Crippen LogP contribution in [0.1, 0.15) is 0 Å². The third kappa shape index (κ3) is 2.04. The van der Waals surface area contributed by atoms with Gasteiger partial charge in [-0.1, -0.05) is 53.5 Å². The molecule has 0 bridgehead atoms. The summed E-state index contributed by atoms with van der Waals surface area (Å²) in [6, 6.07) is 13.6. The van der Waals surface area contributed by atoms with E-state index in [-0.39, 0.29) is 0 Å². The van der Waals surface area contributed by atoms with Crippen LogP contribution in [0.5, 0.6) is 0 Å². The summed E-state index contributed by atoms with van der Waals surface area (Å²) in [7, 11) is 0. The minimum absolute atomic E-state index is 0.618.